The first kappa shape index (κ1) is 10.6. The van der Waals surface area contributed by atoms with Crippen LogP contribution in [-0.4, -0.2) is 20.2 Å². The standard InChI is InChI=1S/C9H11IN4O/c1-2-3-4-5-11-6-7(9(15)12-5)13-14-8(6)10/h2-4H2,1H3,(H,13,14)(H,11,12,15). The number of aryl methyl sites for hydroxylation is 1. The SMILES string of the molecule is CCCCc1nc2c(I)[nH]nc2c(=O)[nH]1. The highest BCUT2D eigenvalue weighted by atomic mass is 127. The number of aromatic amines is 2. The number of H-pyrrole nitrogens is 2. The van der Waals surface area contributed by atoms with Gasteiger partial charge in [0.15, 0.2) is 5.52 Å². The molecular formula is C9H11IN4O. The Balaban J connectivity index is 2.50. The number of aromatic nitrogens is 4. The van der Waals surface area contributed by atoms with Crippen LogP contribution in [0.3, 0.4) is 0 Å². The van der Waals surface area contributed by atoms with Crippen LogP contribution in [0.15, 0.2) is 4.79 Å². The third-order valence-corrected chi connectivity index (χ3v) is 2.94. The van der Waals surface area contributed by atoms with Gasteiger partial charge in [0.1, 0.15) is 15.0 Å². The van der Waals surface area contributed by atoms with E-state index in [0.717, 1.165) is 28.8 Å². The quantitative estimate of drug-likeness (QED) is 0.844. The zero-order valence-corrected chi connectivity index (χ0v) is 10.5. The Hall–Kier alpha value is -0.920. The lowest BCUT2D eigenvalue weighted by atomic mass is 10.2. The Kier molecular flexibility index (Phi) is 3.03. The second-order valence-corrected chi connectivity index (χ2v) is 4.43. The van der Waals surface area contributed by atoms with Crippen LogP contribution in [0, 0.1) is 3.70 Å². The molecule has 0 atom stereocenters. The minimum Gasteiger partial charge on any atom is -0.309 e. The van der Waals surface area contributed by atoms with Gasteiger partial charge >= 0.3 is 0 Å². The molecule has 0 bridgehead atoms. The maximum absolute atomic E-state index is 11.6. The first-order chi connectivity index (χ1) is 7.22. The van der Waals surface area contributed by atoms with Gasteiger partial charge < -0.3 is 4.98 Å². The van der Waals surface area contributed by atoms with E-state index >= 15 is 0 Å². The monoisotopic (exact) mass is 318 g/mol. The van der Waals surface area contributed by atoms with Crippen molar-refractivity contribution in [2.24, 2.45) is 0 Å². The van der Waals surface area contributed by atoms with E-state index in [1.165, 1.54) is 0 Å². The minimum atomic E-state index is -0.162. The lowest BCUT2D eigenvalue weighted by Crippen LogP contribution is -2.11. The Labute approximate surface area is 99.8 Å². The Morgan fingerprint density at radius 3 is 2.93 bits per heavy atom. The zero-order valence-electron chi connectivity index (χ0n) is 8.30. The molecule has 0 unspecified atom stereocenters. The molecule has 2 N–H and O–H groups in total. The van der Waals surface area contributed by atoms with Crippen molar-refractivity contribution in [3.05, 3.63) is 19.9 Å². The zero-order chi connectivity index (χ0) is 10.8. The number of fused-ring (bicyclic) bond motifs is 1. The van der Waals surface area contributed by atoms with Crippen molar-refractivity contribution in [3.8, 4) is 0 Å². The topological polar surface area (TPSA) is 74.4 Å². The predicted molar refractivity (Wildman–Crippen MR) is 65.8 cm³/mol. The minimum absolute atomic E-state index is 0.162. The molecule has 0 saturated heterocycles. The number of nitrogens with zero attached hydrogens (tertiary/aromatic N) is 2. The summed E-state index contributed by atoms with van der Waals surface area (Å²) < 4.78 is 0.812. The molecule has 2 heterocycles. The van der Waals surface area contributed by atoms with Crippen molar-refractivity contribution in [3.63, 3.8) is 0 Å². The normalized spacial score (nSPS) is 11.1. The van der Waals surface area contributed by atoms with Gasteiger partial charge in [0.25, 0.3) is 5.56 Å². The molecule has 0 amide bonds. The summed E-state index contributed by atoms with van der Waals surface area (Å²) in [6.07, 6.45) is 2.93. The van der Waals surface area contributed by atoms with E-state index in [1.807, 2.05) is 0 Å². The highest BCUT2D eigenvalue weighted by Gasteiger charge is 2.09. The molecule has 15 heavy (non-hydrogen) atoms. The van der Waals surface area contributed by atoms with Gasteiger partial charge in [-0.05, 0) is 29.0 Å². The number of rotatable bonds is 3. The van der Waals surface area contributed by atoms with Crippen LogP contribution in [-0.2, 0) is 6.42 Å². The summed E-state index contributed by atoms with van der Waals surface area (Å²) in [5.74, 6) is 0.744. The Bertz CT molecular complexity index is 530. The van der Waals surface area contributed by atoms with Crippen LogP contribution >= 0.6 is 22.6 Å². The first-order valence-electron chi connectivity index (χ1n) is 4.85. The third kappa shape index (κ3) is 2.04. The molecule has 0 radical (unpaired) electrons. The molecule has 0 spiro atoms. The van der Waals surface area contributed by atoms with Crippen LogP contribution in [0.1, 0.15) is 25.6 Å². The lowest BCUT2D eigenvalue weighted by Gasteiger charge is -1.98. The van der Waals surface area contributed by atoms with Crippen molar-refractivity contribution in [2.75, 3.05) is 0 Å². The highest BCUT2D eigenvalue weighted by molar-refractivity contribution is 14.1. The van der Waals surface area contributed by atoms with Gasteiger partial charge in [0.2, 0.25) is 0 Å². The van der Waals surface area contributed by atoms with E-state index in [2.05, 4.69) is 49.7 Å². The first-order valence-corrected chi connectivity index (χ1v) is 5.93. The second-order valence-electron chi connectivity index (χ2n) is 3.35. The van der Waals surface area contributed by atoms with Gasteiger partial charge in [-0.15, -0.1) is 0 Å². The fraction of sp³-hybridized carbons (Fsp3) is 0.444. The molecule has 0 aliphatic heterocycles. The molecule has 0 saturated carbocycles. The summed E-state index contributed by atoms with van der Waals surface area (Å²) >= 11 is 2.09. The molecule has 0 fully saturated rings. The van der Waals surface area contributed by atoms with Crippen molar-refractivity contribution in [2.45, 2.75) is 26.2 Å². The maximum atomic E-state index is 11.6. The average molecular weight is 318 g/mol. The van der Waals surface area contributed by atoms with Gasteiger partial charge in [0.05, 0.1) is 0 Å². The van der Waals surface area contributed by atoms with Gasteiger partial charge in [-0.2, -0.15) is 5.10 Å². The highest BCUT2D eigenvalue weighted by Crippen LogP contribution is 2.11. The molecule has 0 aliphatic carbocycles. The van der Waals surface area contributed by atoms with Gasteiger partial charge in [0, 0.05) is 6.42 Å². The van der Waals surface area contributed by atoms with Crippen molar-refractivity contribution in [1.82, 2.24) is 20.2 Å². The molecule has 2 aromatic heterocycles. The number of unbranched alkanes of at least 4 members (excludes halogenated alkanes) is 1. The summed E-state index contributed by atoms with van der Waals surface area (Å²) in [4.78, 5) is 18.7. The van der Waals surface area contributed by atoms with E-state index < -0.39 is 0 Å². The average Bonchev–Trinajstić information content (AvgIpc) is 2.58. The fourth-order valence-corrected chi connectivity index (χ4v) is 1.89. The summed E-state index contributed by atoms with van der Waals surface area (Å²) in [6.45, 7) is 2.11. The molecule has 2 rings (SSSR count). The fourth-order valence-electron chi connectivity index (χ4n) is 1.39. The molecular weight excluding hydrogens is 307 g/mol. The molecule has 2 aromatic rings. The van der Waals surface area contributed by atoms with E-state index in [1.54, 1.807) is 0 Å². The van der Waals surface area contributed by atoms with E-state index in [9.17, 15) is 4.79 Å². The van der Waals surface area contributed by atoms with Crippen LogP contribution in [0.4, 0.5) is 0 Å². The lowest BCUT2D eigenvalue weighted by molar-refractivity contribution is 0.753. The van der Waals surface area contributed by atoms with E-state index in [-0.39, 0.29) is 5.56 Å². The van der Waals surface area contributed by atoms with Crippen molar-refractivity contribution < 1.29 is 0 Å². The molecule has 80 valence electrons. The number of hydrogen-bond donors (Lipinski definition) is 2. The van der Waals surface area contributed by atoms with Crippen LogP contribution in [0.25, 0.3) is 11.0 Å². The summed E-state index contributed by atoms with van der Waals surface area (Å²) in [5, 5.41) is 6.66. The van der Waals surface area contributed by atoms with Gasteiger partial charge in [-0.3, -0.25) is 9.89 Å². The predicted octanol–water partition coefficient (Wildman–Crippen LogP) is 1.59. The second kappa shape index (κ2) is 4.30. The van der Waals surface area contributed by atoms with Gasteiger partial charge in [-0.1, -0.05) is 13.3 Å². The van der Waals surface area contributed by atoms with E-state index in [4.69, 9.17) is 0 Å². The molecule has 0 aliphatic rings. The Morgan fingerprint density at radius 2 is 2.20 bits per heavy atom. The maximum Gasteiger partial charge on any atom is 0.279 e. The largest absolute Gasteiger partial charge is 0.309 e. The third-order valence-electron chi connectivity index (χ3n) is 2.18. The summed E-state index contributed by atoms with van der Waals surface area (Å²) in [6, 6.07) is 0. The van der Waals surface area contributed by atoms with Crippen molar-refractivity contribution in [1.29, 1.82) is 0 Å². The van der Waals surface area contributed by atoms with Crippen LogP contribution in [0.5, 0.6) is 0 Å². The molecule has 6 heteroatoms. The van der Waals surface area contributed by atoms with Gasteiger partial charge in [-0.25, -0.2) is 4.98 Å². The number of nitrogens with one attached hydrogen (secondary N) is 2. The summed E-state index contributed by atoms with van der Waals surface area (Å²) in [7, 11) is 0. The smallest absolute Gasteiger partial charge is 0.279 e. The number of halogens is 1. The number of hydrogen-bond acceptors (Lipinski definition) is 3. The summed E-state index contributed by atoms with van der Waals surface area (Å²) in [5.41, 5.74) is 0.898. The van der Waals surface area contributed by atoms with Crippen LogP contribution in [0.2, 0.25) is 0 Å². The molecule has 0 aromatic carbocycles. The van der Waals surface area contributed by atoms with E-state index in [0.29, 0.717) is 11.0 Å². The molecule has 5 nitrogen and oxygen atoms in total. The van der Waals surface area contributed by atoms with Crippen molar-refractivity contribution >= 4 is 33.6 Å². The Morgan fingerprint density at radius 1 is 1.40 bits per heavy atom. The van der Waals surface area contributed by atoms with Crippen LogP contribution < -0.4 is 5.56 Å².